The van der Waals surface area contributed by atoms with Gasteiger partial charge in [-0.2, -0.15) is 4.80 Å². The van der Waals surface area contributed by atoms with Gasteiger partial charge in [0.2, 0.25) is 11.7 Å². The van der Waals surface area contributed by atoms with E-state index in [0.717, 1.165) is 69.7 Å². The average molecular weight is 448 g/mol. The van der Waals surface area contributed by atoms with E-state index in [9.17, 15) is 4.79 Å². The van der Waals surface area contributed by atoms with Gasteiger partial charge in [-0.3, -0.25) is 9.69 Å². The number of carbonyl (C=O) groups excluding carboxylic acids is 1. The first-order valence-electron chi connectivity index (χ1n) is 11.8. The highest BCUT2D eigenvalue weighted by Crippen LogP contribution is 2.12. The van der Waals surface area contributed by atoms with Crippen LogP contribution in [0.2, 0.25) is 0 Å². The van der Waals surface area contributed by atoms with Crippen molar-refractivity contribution in [3.8, 4) is 11.4 Å². The quantitative estimate of drug-likeness (QED) is 0.455. The summed E-state index contributed by atoms with van der Waals surface area (Å²) >= 11 is 0. The summed E-state index contributed by atoms with van der Waals surface area (Å²) in [4.78, 5) is 18.7. The molecule has 0 atom stereocenters. The molecular weight excluding hydrogens is 414 g/mol. The molecular formula is C25H33N7O. The number of nitrogens with one attached hydrogen (secondary N) is 1. The molecule has 3 aromatic rings. The van der Waals surface area contributed by atoms with E-state index in [4.69, 9.17) is 0 Å². The molecule has 33 heavy (non-hydrogen) atoms. The summed E-state index contributed by atoms with van der Waals surface area (Å²) in [6, 6.07) is 20.0. The van der Waals surface area contributed by atoms with Gasteiger partial charge in [0.25, 0.3) is 0 Å². The Bertz CT molecular complexity index is 969. The number of aromatic nitrogens is 4. The van der Waals surface area contributed by atoms with Crippen molar-refractivity contribution < 1.29 is 4.79 Å². The van der Waals surface area contributed by atoms with E-state index in [1.165, 1.54) is 0 Å². The van der Waals surface area contributed by atoms with E-state index in [2.05, 4.69) is 30.5 Å². The van der Waals surface area contributed by atoms with E-state index < -0.39 is 0 Å². The Morgan fingerprint density at radius 1 is 0.818 bits per heavy atom. The number of aryl methyl sites for hydroxylation is 1. The van der Waals surface area contributed by atoms with Gasteiger partial charge < -0.3 is 10.2 Å². The van der Waals surface area contributed by atoms with Crippen LogP contribution in [0.15, 0.2) is 60.7 Å². The lowest BCUT2D eigenvalue weighted by Crippen LogP contribution is -2.49. The molecule has 1 saturated heterocycles. The van der Waals surface area contributed by atoms with Crippen molar-refractivity contribution in [2.45, 2.75) is 32.4 Å². The third kappa shape index (κ3) is 7.47. The van der Waals surface area contributed by atoms with Crippen LogP contribution in [-0.2, 0) is 17.9 Å². The normalized spacial score (nSPS) is 14.9. The van der Waals surface area contributed by atoms with Crippen molar-refractivity contribution in [2.75, 3.05) is 39.3 Å². The highest BCUT2D eigenvalue weighted by molar-refractivity contribution is 5.78. The van der Waals surface area contributed by atoms with Crippen molar-refractivity contribution >= 4 is 5.91 Å². The predicted molar refractivity (Wildman–Crippen MR) is 128 cm³/mol. The SMILES string of the molecule is O=C(CN1CCN(CCCCCn2nnc(-c3ccccc3)n2)CC1)NCc1ccccc1. The van der Waals surface area contributed by atoms with Crippen molar-refractivity contribution in [2.24, 2.45) is 0 Å². The summed E-state index contributed by atoms with van der Waals surface area (Å²) in [7, 11) is 0. The summed E-state index contributed by atoms with van der Waals surface area (Å²) < 4.78 is 0. The lowest BCUT2D eigenvalue weighted by molar-refractivity contribution is -0.122. The molecule has 8 heteroatoms. The van der Waals surface area contributed by atoms with Gasteiger partial charge in [-0.25, -0.2) is 0 Å². The zero-order valence-electron chi connectivity index (χ0n) is 19.1. The summed E-state index contributed by atoms with van der Waals surface area (Å²) in [5.74, 6) is 0.784. The minimum Gasteiger partial charge on any atom is -0.351 e. The number of carbonyl (C=O) groups is 1. The molecule has 1 N–H and O–H groups in total. The Kier molecular flexibility index (Phi) is 8.55. The molecule has 0 saturated carbocycles. The zero-order chi connectivity index (χ0) is 22.7. The molecule has 2 heterocycles. The van der Waals surface area contributed by atoms with E-state index in [1.54, 1.807) is 4.80 Å². The molecule has 1 amide bonds. The van der Waals surface area contributed by atoms with Crippen molar-refractivity contribution in [1.82, 2.24) is 35.3 Å². The second-order valence-corrected chi connectivity index (χ2v) is 8.52. The largest absolute Gasteiger partial charge is 0.351 e. The third-order valence-electron chi connectivity index (χ3n) is 5.98. The van der Waals surface area contributed by atoms with Gasteiger partial charge in [-0.1, -0.05) is 67.1 Å². The number of piperazine rings is 1. The van der Waals surface area contributed by atoms with Crippen molar-refractivity contribution in [3.05, 3.63) is 66.2 Å². The molecule has 174 valence electrons. The second-order valence-electron chi connectivity index (χ2n) is 8.52. The summed E-state index contributed by atoms with van der Waals surface area (Å²) in [5.41, 5.74) is 2.13. The molecule has 1 aliphatic heterocycles. The Morgan fingerprint density at radius 3 is 2.24 bits per heavy atom. The van der Waals surface area contributed by atoms with Crippen LogP contribution < -0.4 is 5.32 Å². The van der Waals surface area contributed by atoms with Gasteiger partial charge in [0, 0.05) is 38.3 Å². The first kappa shape index (κ1) is 23.1. The molecule has 0 unspecified atom stereocenters. The van der Waals surface area contributed by atoms with E-state index >= 15 is 0 Å². The standard InChI is InChI=1S/C25H33N7O/c33-24(26-20-22-10-4-1-5-11-22)21-31-18-16-30(17-19-31)14-8-3-9-15-32-28-25(27-29-32)23-12-6-2-7-13-23/h1-2,4-7,10-13H,3,8-9,14-21H2,(H,26,33). The average Bonchev–Trinajstić information content (AvgIpc) is 3.34. The van der Waals surface area contributed by atoms with Crippen LogP contribution in [0.4, 0.5) is 0 Å². The van der Waals surface area contributed by atoms with Crippen molar-refractivity contribution in [3.63, 3.8) is 0 Å². The highest BCUT2D eigenvalue weighted by Gasteiger charge is 2.18. The van der Waals surface area contributed by atoms with Crippen LogP contribution in [0, 0.1) is 0 Å². The Morgan fingerprint density at radius 2 is 1.48 bits per heavy atom. The summed E-state index contributed by atoms with van der Waals surface area (Å²) in [6.45, 7) is 6.93. The van der Waals surface area contributed by atoms with Crippen LogP contribution in [-0.4, -0.2) is 75.2 Å². The third-order valence-corrected chi connectivity index (χ3v) is 5.98. The van der Waals surface area contributed by atoms with Gasteiger partial charge in [0.1, 0.15) is 0 Å². The number of benzene rings is 2. The summed E-state index contributed by atoms with van der Waals surface area (Å²) in [6.07, 6.45) is 3.36. The molecule has 0 radical (unpaired) electrons. The number of tetrazole rings is 1. The molecule has 0 aliphatic carbocycles. The fourth-order valence-electron chi connectivity index (χ4n) is 4.03. The Labute approximate surface area is 195 Å². The number of amides is 1. The smallest absolute Gasteiger partial charge is 0.234 e. The maximum atomic E-state index is 12.2. The number of rotatable bonds is 11. The lowest BCUT2D eigenvalue weighted by atomic mass is 10.2. The first-order valence-corrected chi connectivity index (χ1v) is 11.8. The monoisotopic (exact) mass is 447 g/mol. The molecule has 8 nitrogen and oxygen atoms in total. The highest BCUT2D eigenvalue weighted by atomic mass is 16.2. The molecule has 1 aliphatic rings. The fourth-order valence-corrected chi connectivity index (χ4v) is 4.03. The van der Waals surface area contributed by atoms with Crippen LogP contribution in [0.5, 0.6) is 0 Å². The molecule has 1 aromatic heterocycles. The van der Waals surface area contributed by atoms with Gasteiger partial charge in [0.15, 0.2) is 0 Å². The van der Waals surface area contributed by atoms with E-state index in [1.807, 2.05) is 60.7 Å². The fraction of sp³-hybridized carbons (Fsp3) is 0.440. The topological polar surface area (TPSA) is 79.2 Å². The molecule has 0 bridgehead atoms. The van der Waals surface area contributed by atoms with E-state index in [-0.39, 0.29) is 5.91 Å². The molecule has 2 aromatic carbocycles. The van der Waals surface area contributed by atoms with Gasteiger partial charge in [0.05, 0.1) is 13.1 Å². The maximum Gasteiger partial charge on any atom is 0.234 e. The zero-order valence-corrected chi connectivity index (χ0v) is 19.1. The second kappa shape index (κ2) is 12.2. The van der Waals surface area contributed by atoms with Crippen LogP contribution >= 0.6 is 0 Å². The van der Waals surface area contributed by atoms with Crippen LogP contribution in [0.3, 0.4) is 0 Å². The van der Waals surface area contributed by atoms with Crippen LogP contribution in [0.1, 0.15) is 24.8 Å². The molecule has 1 fully saturated rings. The number of hydrogen-bond donors (Lipinski definition) is 1. The number of hydrogen-bond acceptors (Lipinski definition) is 6. The van der Waals surface area contributed by atoms with Crippen molar-refractivity contribution in [1.29, 1.82) is 0 Å². The number of nitrogens with zero attached hydrogens (tertiary/aromatic N) is 6. The minimum atomic E-state index is 0.101. The van der Waals surface area contributed by atoms with E-state index in [0.29, 0.717) is 18.9 Å². The number of unbranched alkanes of at least 4 members (excludes halogenated alkanes) is 2. The van der Waals surface area contributed by atoms with Gasteiger partial charge in [-0.15, -0.1) is 10.2 Å². The molecule has 4 rings (SSSR count). The Balaban J connectivity index is 1.05. The Hall–Kier alpha value is -3.10. The van der Waals surface area contributed by atoms with Gasteiger partial charge in [-0.05, 0) is 30.2 Å². The maximum absolute atomic E-state index is 12.2. The van der Waals surface area contributed by atoms with Gasteiger partial charge >= 0.3 is 0 Å². The predicted octanol–water partition coefficient (Wildman–Crippen LogP) is 2.44. The van der Waals surface area contributed by atoms with Crippen LogP contribution in [0.25, 0.3) is 11.4 Å². The molecule has 0 spiro atoms. The summed E-state index contributed by atoms with van der Waals surface area (Å²) in [5, 5.41) is 15.8. The first-order chi connectivity index (χ1) is 16.3. The lowest BCUT2D eigenvalue weighted by Gasteiger charge is -2.34. The minimum absolute atomic E-state index is 0.101.